The summed E-state index contributed by atoms with van der Waals surface area (Å²) in [4.78, 5) is 13.6. The summed E-state index contributed by atoms with van der Waals surface area (Å²) in [6.07, 6.45) is -5.82. The Morgan fingerprint density at radius 1 is 1.21 bits per heavy atom. The minimum Gasteiger partial charge on any atom is -0.491 e. The van der Waals surface area contributed by atoms with Crippen molar-refractivity contribution in [1.29, 1.82) is 0 Å². The molecule has 34 heavy (non-hydrogen) atoms. The molecule has 1 amide bonds. The smallest absolute Gasteiger partial charge is 0.419 e. The average molecular weight is 509 g/mol. The molecule has 2 atom stereocenters. The largest absolute Gasteiger partial charge is 0.491 e. The number of methoxy groups -OCH3 is 2. The SMILES string of the molecule is COc1c(N2C[C@@](OC)(C(F)(F)F)C[C@@H]2C(=O)Nc2cccc(S(N)(=O)=O)c2)ccc(F)c1F. The molecule has 3 rings (SSSR count). The molecule has 3 N–H and O–H groups in total. The van der Waals surface area contributed by atoms with Crippen molar-refractivity contribution in [3.8, 4) is 5.75 Å². The van der Waals surface area contributed by atoms with Gasteiger partial charge in [-0.1, -0.05) is 6.07 Å². The summed E-state index contributed by atoms with van der Waals surface area (Å²) in [7, 11) is -2.30. The summed E-state index contributed by atoms with van der Waals surface area (Å²) in [5.74, 6) is -4.42. The van der Waals surface area contributed by atoms with E-state index < -0.39 is 64.1 Å². The molecular weight excluding hydrogens is 489 g/mol. The zero-order valence-corrected chi connectivity index (χ0v) is 18.6. The molecule has 2 aromatic carbocycles. The van der Waals surface area contributed by atoms with Crippen molar-refractivity contribution < 1.29 is 44.6 Å². The van der Waals surface area contributed by atoms with Crippen LogP contribution in [0.5, 0.6) is 5.75 Å². The third kappa shape index (κ3) is 4.65. The van der Waals surface area contributed by atoms with E-state index in [-0.39, 0.29) is 16.3 Å². The average Bonchev–Trinajstić information content (AvgIpc) is 3.16. The van der Waals surface area contributed by atoms with Gasteiger partial charge in [0.1, 0.15) is 6.04 Å². The third-order valence-electron chi connectivity index (χ3n) is 5.51. The zero-order chi connectivity index (χ0) is 25.5. The van der Waals surface area contributed by atoms with Gasteiger partial charge in [-0.05, 0) is 30.3 Å². The summed E-state index contributed by atoms with van der Waals surface area (Å²) >= 11 is 0. The molecule has 2 aromatic rings. The molecule has 1 aliphatic heterocycles. The van der Waals surface area contributed by atoms with E-state index in [0.717, 1.165) is 31.3 Å². The number of alkyl halides is 3. The van der Waals surface area contributed by atoms with E-state index in [1.807, 2.05) is 0 Å². The molecule has 1 heterocycles. The Morgan fingerprint density at radius 3 is 2.44 bits per heavy atom. The Kier molecular flexibility index (Phi) is 6.79. The number of carbonyl (C=O) groups excluding carboxylic acids is 1. The van der Waals surface area contributed by atoms with Gasteiger partial charge in [-0.3, -0.25) is 4.79 Å². The Morgan fingerprint density at radius 2 is 1.88 bits per heavy atom. The highest BCUT2D eigenvalue weighted by molar-refractivity contribution is 7.89. The summed E-state index contributed by atoms with van der Waals surface area (Å²) < 4.78 is 103. The van der Waals surface area contributed by atoms with Crippen molar-refractivity contribution in [1.82, 2.24) is 0 Å². The number of benzene rings is 2. The lowest BCUT2D eigenvalue weighted by Crippen LogP contribution is -2.49. The van der Waals surface area contributed by atoms with Gasteiger partial charge in [0.05, 0.1) is 24.2 Å². The lowest BCUT2D eigenvalue weighted by atomic mass is 9.99. The van der Waals surface area contributed by atoms with E-state index in [9.17, 15) is 35.2 Å². The molecule has 0 aliphatic carbocycles. The van der Waals surface area contributed by atoms with Crippen LogP contribution < -0.4 is 20.1 Å². The van der Waals surface area contributed by atoms with Gasteiger partial charge < -0.3 is 19.7 Å². The Bertz CT molecular complexity index is 1210. The molecule has 1 fully saturated rings. The second-order valence-corrected chi connectivity index (χ2v) is 9.08. The Labute approximate surface area is 191 Å². The predicted molar refractivity (Wildman–Crippen MR) is 111 cm³/mol. The number of hydrogen-bond acceptors (Lipinski definition) is 6. The second-order valence-electron chi connectivity index (χ2n) is 7.52. The lowest BCUT2D eigenvalue weighted by Gasteiger charge is -2.31. The number of halogens is 5. The number of anilines is 2. The van der Waals surface area contributed by atoms with Crippen LogP contribution in [0.3, 0.4) is 0 Å². The molecule has 1 saturated heterocycles. The van der Waals surface area contributed by atoms with Crippen LogP contribution in [0.4, 0.5) is 33.3 Å². The van der Waals surface area contributed by atoms with E-state index in [4.69, 9.17) is 14.6 Å². The number of nitrogens with two attached hydrogens (primary N) is 1. The second kappa shape index (κ2) is 9.00. The van der Waals surface area contributed by atoms with E-state index in [0.29, 0.717) is 6.07 Å². The fraction of sp³-hybridized carbons (Fsp3) is 0.350. The first-order valence-corrected chi connectivity index (χ1v) is 11.1. The van der Waals surface area contributed by atoms with Crippen LogP contribution in [0.15, 0.2) is 41.3 Å². The number of nitrogens with zero attached hydrogens (tertiary/aromatic N) is 1. The fourth-order valence-electron chi connectivity index (χ4n) is 3.75. The first-order chi connectivity index (χ1) is 15.7. The van der Waals surface area contributed by atoms with Gasteiger partial charge in [-0.2, -0.15) is 17.6 Å². The first-order valence-electron chi connectivity index (χ1n) is 9.58. The van der Waals surface area contributed by atoms with Gasteiger partial charge in [-0.25, -0.2) is 17.9 Å². The minimum atomic E-state index is -4.92. The van der Waals surface area contributed by atoms with Gasteiger partial charge in [0, 0.05) is 19.2 Å². The van der Waals surface area contributed by atoms with Crippen molar-refractivity contribution in [2.24, 2.45) is 5.14 Å². The highest BCUT2D eigenvalue weighted by atomic mass is 32.2. The first kappa shape index (κ1) is 25.6. The standard InChI is InChI=1S/C20H20F5N3O5S/c1-32-17-14(7-6-13(21)16(17)22)28-10-19(33-2,20(23,24)25)9-15(28)18(29)27-11-4-3-5-12(8-11)34(26,30)31/h3-8,15H,9-10H2,1-2H3,(H,27,29)(H2,26,30,31)/t15-,19-/m1/s1. The van der Waals surface area contributed by atoms with Crippen LogP contribution >= 0.6 is 0 Å². The molecular formula is C20H20F5N3O5S. The van der Waals surface area contributed by atoms with E-state index in [2.05, 4.69) is 5.32 Å². The van der Waals surface area contributed by atoms with Crippen molar-refractivity contribution in [2.45, 2.75) is 29.1 Å². The molecule has 0 unspecified atom stereocenters. The normalized spacial score (nSPS) is 20.9. The van der Waals surface area contributed by atoms with Gasteiger partial charge in [0.2, 0.25) is 21.7 Å². The zero-order valence-electron chi connectivity index (χ0n) is 17.8. The minimum absolute atomic E-state index is 0.0596. The number of carbonyl (C=O) groups is 1. The van der Waals surface area contributed by atoms with Gasteiger partial charge in [-0.15, -0.1) is 0 Å². The quantitative estimate of drug-likeness (QED) is 0.580. The maximum absolute atomic E-state index is 14.3. The molecule has 0 radical (unpaired) electrons. The summed E-state index contributed by atoms with van der Waals surface area (Å²) in [6, 6.07) is 4.86. The molecule has 0 bridgehead atoms. The summed E-state index contributed by atoms with van der Waals surface area (Å²) in [5.41, 5.74) is -3.17. The van der Waals surface area contributed by atoms with Crippen LogP contribution in [0.2, 0.25) is 0 Å². The maximum atomic E-state index is 14.3. The van der Waals surface area contributed by atoms with E-state index >= 15 is 0 Å². The van der Waals surface area contributed by atoms with Gasteiger partial charge >= 0.3 is 6.18 Å². The highest BCUT2D eigenvalue weighted by Crippen LogP contribution is 2.47. The number of nitrogens with one attached hydrogen (secondary N) is 1. The summed E-state index contributed by atoms with van der Waals surface area (Å²) in [5, 5.41) is 7.41. The predicted octanol–water partition coefficient (Wildman–Crippen LogP) is 2.79. The monoisotopic (exact) mass is 509 g/mol. The van der Waals surface area contributed by atoms with Crippen LogP contribution in [0.25, 0.3) is 0 Å². The molecule has 8 nitrogen and oxygen atoms in total. The van der Waals surface area contributed by atoms with Crippen molar-refractivity contribution in [3.63, 3.8) is 0 Å². The maximum Gasteiger partial charge on any atom is 0.419 e. The molecule has 0 spiro atoms. The van der Waals surface area contributed by atoms with E-state index in [1.165, 1.54) is 18.2 Å². The van der Waals surface area contributed by atoms with Crippen molar-refractivity contribution in [2.75, 3.05) is 31.0 Å². The Hall–Kier alpha value is -2.97. The number of hydrogen-bond donors (Lipinski definition) is 2. The topological polar surface area (TPSA) is 111 Å². The fourth-order valence-corrected chi connectivity index (χ4v) is 4.31. The molecule has 0 saturated carbocycles. The number of sulfonamides is 1. The number of ether oxygens (including phenoxy) is 2. The summed E-state index contributed by atoms with van der Waals surface area (Å²) in [6.45, 7) is -0.927. The molecule has 0 aromatic heterocycles. The number of primary sulfonamides is 1. The van der Waals surface area contributed by atoms with E-state index in [1.54, 1.807) is 0 Å². The third-order valence-corrected chi connectivity index (χ3v) is 6.42. The molecule has 14 heteroatoms. The highest BCUT2D eigenvalue weighted by Gasteiger charge is 2.63. The van der Waals surface area contributed by atoms with Crippen molar-refractivity contribution in [3.05, 3.63) is 48.0 Å². The molecule has 186 valence electrons. The van der Waals surface area contributed by atoms with Gasteiger partial charge in [0.25, 0.3) is 0 Å². The van der Waals surface area contributed by atoms with Crippen LogP contribution in [-0.2, 0) is 19.6 Å². The number of amides is 1. The number of rotatable bonds is 6. The van der Waals surface area contributed by atoms with Crippen LogP contribution in [0, 0.1) is 11.6 Å². The Balaban J connectivity index is 2.06. The van der Waals surface area contributed by atoms with Crippen LogP contribution in [-0.4, -0.2) is 52.9 Å². The van der Waals surface area contributed by atoms with Crippen LogP contribution in [0.1, 0.15) is 6.42 Å². The van der Waals surface area contributed by atoms with Gasteiger partial charge in [0.15, 0.2) is 17.2 Å². The van der Waals surface area contributed by atoms with Crippen molar-refractivity contribution >= 4 is 27.3 Å². The lowest BCUT2D eigenvalue weighted by molar-refractivity contribution is -0.261. The molecule has 1 aliphatic rings.